The van der Waals surface area contributed by atoms with Crippen LogP contribution in [-0.4, -0.2) is 71.7 Å². The van der Waals surface area contributed by atoms with E-state index in [4.69, 9.17) is 9.72 Å². The van der Waals surface area contributed by atoms with Gasteiger partial charge in [0.2, 0.25) is 0 Å². The van der Waals surface area contributed by atoms with Crippen LogP contribution in [-0.2, 0) is 4.74 Å². The molecule has 1 fully saturated rings. The molecule has 0 aliphatic carbocycles. The van der Waals surface area contributed by atoms with Crippen molar-refractivity contribution in [2.24, 2.45) is 0 Å². The van der Waals surface area contributed by atoms with E-state index in [0.29, 0.717) is 0 Å². The average Bonchev–Trinajstić information content (AvgIpc) is 3.05. The number of hydrogen-bond acceptors (Lipinski definition) is 5. The molecule has 7 nitrogen and oxygen atoms in total. The van der Waals surface area contributed by atoms with Gasteiger partial charge in [0.1, 0.15) is 16.9 Å². The molecule has 0 radical (unpaired) electrons. The summed E-state index contributed by atoms with van der Waals surface area (Å²) in [5.74, 6) is 0.799. The topological polar surface area (TPSA) is 64.7 Å². The Morgan fingerprint density at radius 3 is 2.57 bits per heavy atom. The van der Waals surface area contributed by atoms with Crippen LogP contribution in [0.5, 0.6) is 0 Å². The molecule has 3 rings (SSSR count). The van der Waals surface area contributed by atoms with Crippen LogP contribution in [0.15, 0.2) is 18.2 Å². The molecule has 2 heterocycles. The van der Waals surface area contributed by atoms with E-state index in [1.807, 2.05) is 26.8 Å². The van der Waals surface area contributed by atoms with Crippen LogP contribution in [0.4, 0.5) is 10.5 Å². The first-order valence-electron chi connectivity index (χ1n) is 10.1. The SMILES string of the molecule is CCC(c1nc2c(N3CCN(C)CC3)cccc2[nH]1)N(C)C(=O)OC(C)(C)C. The summed E-state index contributed by atoms with van der Waals surface area (Å²) in [6, 6.07) is 6.08. The first-order chi connectivity index (χ1) is 13.2. The van der Waals surface area contributed by atoms with Crippen molar-refractivity contribution in [2.45, 2.75) is 45.8 Å². The molecule has 1 aromatic heterocycles. The number of rotatable bonds is 4. The van der Waals surface area contributed by atoms with Crippen molar-refractivity contribution in [1.82, 2.24) is 19.8 Å². The van der Waals surface area contributed by atoms with E-state index in [2.05, 4.69) is 40.9 Å². The van der Waals surface area contributed by atoms with Crippen LogP contribution in [0.1, 0.15) is 46.0 Å². The number of aromatic amines is 1. The first kappa shape index (κ1) is 20.5. The number of piperazine rings is 1. The van der Waals surface area contributed by atoms with E-state index < -0.39 is 5.60 Å². The number of carbonyl (C=O) groups excluding carboxylic acids is 1. The van der Waals surface area contributed by atoms with Gasteiger partial charge in [0.15, 0.2) is 0 Å². The Hall–Kier alpha value is -2.28. The molecule has 1 atom stereocenters. The zero-order valence-electron chi connectivity index (χ0n) is 18.0. The number of aromatic nitrogens is 2. The van der Waals surface area contributed by atoms with Gasteiger partial charge in [-0.1, -0.05) is 13.0 Å². The minimum Gasteiger partial charge on any atom is -0.444 e. The smallest absolute Gasteiger partial charge is 0.410 e. The lowest BCUT2D eigenvalue weighted by atomic mass is 10.2. The van der Waals surface area contributed by atoms with Gasteiger partial charge in [0, 0.05) is 33.2 Å². The van der Waals surface area contributed by atoms with Crippen LogP contribution in [0.3, 0.4) is 0 Å². The van der Waals surface area contributed by atoms with Crippen molar-refractivity contribution in [1.29, 1.82) is 0 Å². The van der Waals surface area contributed by atoms with Gasteiger partial charge in [-0.2, -0.15) is 0 Å². The molecular weight excluding hydrogens is 354 g/mol. The summed E-state index contributed by atoms with van der Waals surface area (Å²) in [6.45, 7) is 11.8. The number of para-hydroxylation sites is 1. The number of anilines is 1. The van der Waals surface area contributed by atoms with Gasteiger partial charge in [-0.3, -0.25) is 0 Å². The van der Waals surface area contributed by atoms with Gasteiger partial charge in [0.25, 0.3) is 0 Å². The number of ether oxygens (including phenoxy) is 1. The van der Waals surface area contributed by atoms with Gasteiger partial charge in [-0.05, 0) is 46.4 Å². The number of hydrogen-bond donors (Lipinski definition) is 1. The predicted octanol–water partition coefficient (Wildman–Crippen LogP) is 3.63. The predicted molar refractivity (Wildman–Crippen MR) is 113 cm³/mol. The maximum Gasteiger partial charge on any atom is 0.410 e. The molecule has 1 N–H and O–H groups in total. The third-order valence-electron chi connectivity index (χ3n) is 5.21. The number of H-pyrrole nitrogens is 1. The number of benzene rings is 1. The highest BCUT2D eigenvalue weighted by atomic mass is 16.6. The lowest BCUT2D eigenvalue weighted by Crippen LogP contribution is -2.44. The molecule has 1 amide bonds. The Kier molecular flexibility index (Phi) is 5.84. The minimum atomic E-state index is -0.522. The molecule has 28 heavy (non-hydrogen) atoms. The van der Waals surface area contributed by atoms with Crippen LogP contribution < -0.4 is 4.90 Å². The second kappa shape index (κ2) is 7.99. The summed E-state index contributed by atoms with van der Waals surface area (Å²) in [5, 5.41) is 0. The summed E-state index contributed by atoms with van der Waals surface area (Å²) in [4.78, 5) is 27.3. The van der Waals surface area contributed by atoms with E-state index in [0.717, 1.165) is 55.1 Å². The normalized spacial score (nSPS) is 17.0. The third-order valence-corrected chi connectivity index (χ3v) is 5.21. The number of imidazole rings is 1. The molecule has 1 aliphatic heterocycles. The van der Waals surface area contributed by atoms with Crippen molar-refractivity contribution in [3.8, 4) is 0 Å². The van der Waals surface area contributed by atoms with Crippen LogP contribution in [0.25, 0.3) is 11.0 Å². The molecule has 1 aliphatic rings. The first-order valence-corrected chi connectivity index (χ1v) is 10.1. The number of nitrogens with one attached hydrogen (secondary N) is 1. The highest BCUT2D eigenvalue weighted by Crippen LogP contribution is 2.30. The second-order valence-electron chi connectivity index (χ2n) is 8.60. The van der Waals surface area contributed by atoms with E-state index in [9.17, 15) is 4.79 Å². The van der Waals surface area contributed by atoms with Crippen LogP contribution >= 0.6 is 0 Å². The van der Waals surface area contributed by atoms with E-state index in [1.165, 1.54) is 0 Å². The number of carbonyl (C=O) groups is 1. The van der Waals surface area contributed by atoms with Crippen molar-refractivity contribution in [3.05, 3.63) is 24.0 Å². The molecule has 0 spiro atoms. The number of likely N-dealkylation sites (N-methyl/N-ethyl adjacent to an activating group) is 1. The van der Waals surface area contributed by atoms with E-state index in [-0.39, 0.29) is 12.1 Å². The Balaban J connectivity index is 1.88. The molecule has 2 aromatic rings. The average molecular weight is 388 g/mol. The summed E-state index contributed by atoms with van der Waals surface area (Å²) >= 11 is 0. The van der Waals surface area contributed by atoms with E-state index >= 15 is 0 Å². The zero-order valence-corrected chi connectivity index (χ0v) is 18.0. The lowest BCUT2D eigenvalue weighted by molar-refractivity contribution is 0.0209. The summed E-state index contributed by atoms with van der Waals surface area (Å²) in [6.07, 6.45) is 0.415. The largest absolute Gasteiger partial charge is 0.444 e. The highest BCUT2D eigenvalue weighted by Gasteiger charge is 2.28. The Labute approximate surface area is 167 Å². The quantitative estimate of drug-likeness (QED) is 0.868. The number of fused-ring (bicyclic) bond motifs is 1. The molecule has 0 saturated carbocycles. The molecule has 1 unspecified atom stereocenters. The Morgan fingerprint density at radius 1 is 1.29 bits per heavy atom. The Bertz CT molecular complexity index is 818. The summed E-state index contributed by atoms with van der Waals surface area (Å²) in [7, 11) is 3.93. The number of nitrogens with zero attached hydrogens (tertiary/aromatic N) is 4. The van der Waals surface area contributed by atoms with Gasteiger partial charge < -0.3 is 24.4 Å². The van der Waals surface area contributed by atoms with Gasteiger partial charge >= 0.3 is 6.09 Å². The van der Waals surface area contributed by atoms with Crippen molar-refractivity contribution >= 4 is 22.8 Å². The summed E-state index contributed by atoms with van der Waals surface area (Å²) in [5.41, 5.74) is 2.61. The second-order valence-corrected chi connectivity index (χ2v) is 8.60. The standard InChI is InChI=1S/C21H33N5O2/c1-7-16(25(6)20(27)28-21(2,3)4)19-22-15-9-8-10-17(18(15)23-19)26-13-11-24(5)12-14-26/h8-10,16H,7,11-14H2,1-6H3,(H,22,23). The molecule has 0 bridgehead atoms. The summed E-state index contributed by atoms with van der Waals surface area (Å²) < 4.78 is 5.54. The van der Waals surface area contributed by atoms with E-state index in [1.54, 1.807) is 11.9 Å². The molecule has 154 valence electrons. The van der Waals surface area contributed by atoms with Crippen molar-refractivity contribution in [2.75, 3.05) is 45.2 Å². The zero-order chi connectivity index (χ0) is 20.5. The minimum absolute atomic E-state index is 0.164. The maximum atomic E-state index is 12.5. The highest BCUT2D eigenvalue weighted by molar-refractivity contribution is 5.89. The lowest BCUT2D eigenvalue weighted by Gasteiger charge is -2.34. The van der Waals surface area contributed by atoms with Crippen LogP contribution in [0.2, 0.25) is 0 Å². The van der Waals surface area contributed by atoms with Crippen molar-refractivity contribution in [3.63, 3.8) is 0 Å². The fourth-order valence-electron chi connectivity index (χ4n) is 3.61. The molecule has 1 aromatic carbocycles. The fraction of sp³-hybridized carbons (Fsp3) is 0.619. The van der Waals surface area contributed by atoms with Gasteiger partial charge in [0.05, 0.1) is 17.2 Å². The number of amides is 1. The Morgan fingerprint density at radius 2 is 1.96 bits per heavy atom. The maximum absolute atomic E-state index is 12.5. The van der Waals surface area contributed by atoms with Crippen molar-refractivity contribution < 1.29 is 9.53 Å². The third kappa shape index (κ3) is 4.41. The monoisotopic (exact) mass is 387 g/mol. The molecular formula is C21H33N5O2. The van der Waals surface area contributed by atoms with Crippen LogP contribution in [0, 0.1) is 0 Å². The van der Waals surface area contributed by atoms with Gasteiger partial charge in [-0.25, -0.2) is 9.78 Å². The van der Waals surface area contributed by atoms with Gasteiger partial charge in [-0.15, -0.1) is 0 Å². The molecule has 7 heteroatoms. The fourth-order valence-corrected chi connectivity index (χ4v) is 3.61. The molecule has 1 saturated heterocycles.